The summed E-state index contributed by atoms with van der Waals surface area (Å²) in [5.41, 5.74) is 3.20. The fourth-order valence-corrected chi connectivity index (χ4v) is 3.60. The number of hydrogen-bond donors (Lipinski definition) is 0. The Hall–Kier alpha value is -1.31. The van der Waals surface area contributed by atoms with Crippen LogP contribution in [-0.4, -0.2) is 22.4 Å². The molecule has 0 aliphatic heterocycles. The van der Waals surface area contributed by atoms with Crippen LogP contribution < -0.4 is 0 Å². The van der Waals surface area contributed by atoms with Gasteiger partial charge in [-0.15, -0.1) is 0 Å². The summed E-state index contributed by atoms with van der Waals surface area (Å²) in [5.74, 6) is 0.831. The van der Waals surface area contributed by atoms with E-state index >= 15 is 0 Å². The van der Waals surface area contributed by atoms with Crippen molar-refractivity contribution in [2.45, 2.75) is 71.9 Å². The summed E-state index contributed by atoms with van der Waals surface area (Å²) in [7, 11) is 0. The van der Waals surface area contributed by atoms with Gasteiger partial charge < -0.3 is 4.90 Å². The highest BCUT2D eigenvalue weighted by molar-refractivity contribution is 5.95. The smallest absolute Gasteiger partial charge is 0.250 e. The molecule has 1 fully saturated rings. The number of allylic oxidation sites excluding steroid dienone is 3. The summed E-state index contributed by atoms with van der Waals surface area (Å²) >= 11 is 0. The van der Waals surface area contributed by atoms with E-state index in [1.807, 2.05) is 0 Å². The van der Waals surface area contributed by atoms with E-state index in [2.05, 4.69) is 58.2 Å². The molecule has 0 aromatic rings. The van der Waals surface area contributed by atoms with E-state index in [1.54, 1.807) is 0 Å². The Morgan fingerprint density at radius 3 is 2.52 bits per heavy atom. The molecular formula is C19H29NO. The van der Waals surface area contributed by atoms with E-state index < -0.39 is 0 Å². The molecule has 0 aromatic heterocycles. The molecule has 0 heterocycles. The minimum absolute atomic E-state index is 0.176. The third-order valence-electron chi connectivity index (χ3n) is 4.52. The van der Waals surface area contributed by atoms with Crippen molar-refractivity contribution < 1.29 is 4.79 Å². The van der Waals surface area contributed by atoms with Crippen LogP contribution in [0.15, 0.2) is 35.5 Å². The summed E-state index contributed by atoms with van der Waals surface area (Å²) in [5, 5.41) is 0. The molecule has 2 heteroatoms. The lowest BCUT2D eigenvalue weighted by molar-refractivity contribution is -0.134. The van der Waals surface area contributed by atoms with Crippen LogP contribution in [0.4, 0.5) is 0 Å². The normalized spacial score (nSPS) is 26.4. The zero-order valence-electron chi connectivity index (χ0n) is 14.2. The zero-order valence-corrected chi connectivity index (χ0v) is 14.2. The predicted octanol–water partition coefficient (Wildman–Crippen LogP) is 4.63. The van der Waals surface area contributed by atoms with Gasteiger partial charge in [0.1, 0.15) is 0 Å². The predicted molar refractivity (Wildman–Crippen MR) is 89.0 cm³/mol. The third-order valence-corrected chi connectivity index (χ3v) is 4.52. The number of carbonyl (C=O) groups excluding carboxylic acids is 1. The van der Waals surface area contributed by atoms with Crippen LogP contribution >= 0.6 is 0 Å². The van der Waals surface area contributed by atoms with Crippen LogP contribution in [0.1, 0.15) is 60.3 Å². The first-order valence-corrected chi connectivity index (χ1v) is 8.09. The molecule has 0 spiro atoms. The van der Waals surface area contributed by atoms with Crippen molar-refractivity contribution in [1.82, 2.24) is 4.90 Å². The monoisotopic (exact) mass is 287 g/mol. The van der Waals surface area contributed by atoms with Crippen molar-refractivity contribution in [3.63, 3.8) is 0 Å². The first kappa shape index (κ1) is 16.1. The molecular weight excluding hydrogens is 258 g/mol. The Balaban J connectivity index is 2.31. The molecule has 0 bridgehead atoms. The Bertz CT molecular complexity index is 504. The molecule has 0 N–H and O–H groups in total. The number of carbonyl (C=O) groups is 1. The van der Waals surface area contributed by atoms with Crippen LogP contribution in [0, 0.1) is 5.92 Å². The standard InChI is InChI=1S/C19H29NO/c1-13-8-7-9-16(11-13)18(21)20(19(4,5)6)17-12-14(2)10-15(17)3/h8,11,14,17H,3,7,9-10,12H2,1-2,4-6H3. The second-order valence-corrected chi connectivity index (χ2v) is 7.72. The molecule has 2 atom stereocenters. The first-order chi connectivity index (χ1) is 9.70. The average Bonchev–Trinajstić information content (AvgIpc) is 2.66. The van der Waals surface area contributed by atoms with Gasteiger partial charge >= 0.3 is 0 Å². The van der Waals surface area contributed by atoms with Crippen LogP contribution in [-0.2, 0) is 4.79 Å². The van der Waals surface area contributed by atoms with Crippen LogP contribution in [0.3, 0.4) is 0 Å². The molecule has 2 rings (SSSR count). The van der Waals surface area contributed by atoms with E-state index in [-0.39, 0.29) is 17.5 Å². The van der Waals surface area contributed by atoms with Gasteiger partial charge in [0.05, 0.1) is 6.04 Å². The summed E-state index contributed by atoms with van der Waals surface area (Å²) in [6.07, 6.45) is 8.19. The van der Waals surface area contributed by atoms with Gasteiger partial charge in [0.25, 0.3) is 5.91 Å². The summed E-state index contributed by atoms with van der Waals surface area (Å²) in [4.78, 5) is 15.2. The van der Waals surface area contributed by atoms with E-state index in [4.69, 9.17) is 0 Å². The van der Waals surface area contributed by atoms with Gasteiger partial charge in [0, 0.05) is 11.1 Å². The number of amides is 1. The second kappa shape index (κ2) is 5.82. The molecule has 2 aliphatic rings. The van der Waals surface area contributed by atoms with Crippen molar-refractivity contribution >= 4 is 5.91 Å². The van der Waals surface area contributed by atoms with Gasteiger partial charge in [-0.2, -0.15) is 0 Å². The van der Waals surface area contributed by atoms with Gasteiger partial charge in [0.15, 0.2) is 0 Å². The quantitative estimate of drug-likeness (QED) is 0.678. The van der Waals surface area contributed by atoms with Crippen LogP contribution in [0.5, 0.6) is 0 Å². The molecule has 0 radical (unpaired) electrons. The minimum atomic E-state index is -0.176. The largest absolute Gasteiger partial charge is 0.327 e. The van der Waals surface area contributed by atoms with Gasteiger partial charge in [-0.25, -0.2) is 0 Å². The molecule has 2 aliphatic carbocycles. The Kier molecular flexibility index (Phi) is 4.46. The van der Waals surface area contributed by atoms with E-state index in [0.717, 1.165) is 31.3 Å². The summed E-state index contributed by atoms with van der Waals surface area (Å²) < 4.78 is 0. The van der Waals surface area contributed by atoms with E-state index in [1.165, 1.54) is 11.1 Å². The van der Waals surface area contributed by atoms with Crippen molar-refractivity contribution in [3.05, 3.63) is 35.5 Å². The van der Waals surface area contributed by atoms with Crippen LogP contribution in [0.2, 0.25) is 0 Å². The highest BCUT2D eigenvalue weighted by atomic mass is 16.2. The van der Waals surface area contributed by atoms with Gasteiger partial charge in [-0.05, 0) is 59.3 Å². The topological polar surface area (TPSA) is 20.3 Å². The maximum Gasteiger partial charge on any atom is 0.250 e. The molecule has 2 unspecified atom stereocenters. The molecule has 1 saturated carbocycles. The van der Waals surface area contributed by atoms with Crippen molar-refractivity contribution in [2.24, 2.45) is 5.92 Å². The fraction of sp³-hybridized carbons (Fsp3) is 0.632. The Morgan fingerprint density at radius 2 is 2.05 bits per heavy atom. The zero-order chi connectivity index (χ0) is 15.8. The summed E-state index contributed by atoms with van der Waals surface area (Å²) in [6.45, 7) is 15.0. The Morgan fingerprint density at radius 1 is 1.38 bits per heavy atom. The van der Waals surface area contributed by atoms with E-state index in [0.29, 0.717) is 5.92 Å². The van der Waals surface area contributed by atoms with Crippen molar-refractivity contribution in [1.29, 1.82) is 0 Å². The lowest BCUT2D eigenvalue weighted by Crippen LogP contribution is -2.52. The summed E-state index contributed by atoms with van der Waals surface area (Å²) in [6, 6.07) is 0.194. The van der Waals surface area contributed by atoms with Gasteiger partial charge in [0.2, 0.25) is 0 Å². The average molecular weight is 287 g/mol. The molecule has 1 amide bonds. The number of rotatable bonds is 2. The molecule has 0 aromatic carbocycles. The molecule has 21 heavy (non-hydrogen) atoms. The first-order valence-electron chi connectivity index (χ1n) is 8.09. The fourth-order valence-electron chi connectivity index (χ4n) is 3.60. The lowest BCUT2D eigenvalue weighted by atomic mass is 9.94. The SMILES string of the molecule is C=C1CC(C)CC1N(C(=O)C1=CC(C)=CCC1)C(C)(C)C. The van der Waals surface area contributed by atoms with Gasteiger partial charge in [-0.3, -0.25) is 4.79 Å². The van der Waals surface area contributed by atoms with Gasteiger partial charge in [-0.1, -0.05) is 36.8 Å². The molecule has 116 valence electrons. The second-order valence-electron chi connectivity index (χ2n) is 7.72. The highest BCUT2D eigenvalue weighted by Gasteiger charge is 2.39. The number of nitrogens with zero attached hydrogens (tertiary/aromatic N) is 1. The Labute approximate surface area is 129 Å². The van der Waals surface area contributed by atoms with E-state index in [9.17, 15) is 4.79 Å². The van der Waals surface area contributed by atoms with Crippen molar-refractivity contribution in [2.75, 3.05) is 0 Å². The highest BCUT2D eigenvalue weighted by Crippen LogP contribution is 2.37. The molecule has 2 nitrogen and oxygen atoms in total. The third kappa shape index (κ3) is 3.48. The lowest BCUT2D eigenvalue weighted by Gasteiger charge is -2.42. The maximum absolute atomic E-state index is 13.1. The van der Waals surface area contributed by atoms with Crippen LogP contribution in [0.25, 0.3) is 0 Å². The number of hydrogen-bond acceptors (Lipinski definition) is 1. The maximum atomic E-state index is 13.1. The molecule has 0 saturated heterocycles. The van der Waals surface area contributed by atoms with Crippen molar-refractivity contribution in [3.8, 4) is 0 Å². The minimum Gasteiger partial charge on any atom is -0.327 e.